The third-order valence-electron chi connectivity index (χ3n) is 7.64. The van der Waals surface area contributed by atoms with Crippen LogP contribution in [0.2, 0.25) is 0 Å². The fourth-order valence-corrected chi connectivity index (χ4v) is 7.49. The van der Waals surface area contributed by atoms with Gasteiger partial charge in [-0.2, -0.15) is 0 Å². The maximum Gasteiger partial charge on any atom is 0.162 e. The summed E-state index contributed by atoms with van der Waals surface area (Å²) in [7, 11) is 0. The normalized spacial score (nSPS) is 30.1. The number of nitrogens with one attached hydrogen (secondary N) is 3. The Bertz CT molecular complexity index is 1100. The molecule has 2 aromatic rings. The summed E-state index contributed by atoms with van der Waals surface area (Å²) >= 11 is 2.01. The molecule has 1 saturated heterocycles. The topological polar surface area (TPSA) is 55.5 Å². The number of fused-ring (bicyclic) bond motifs is 2. The highest BCUT2D eigenvalue weighted by atomic mass is 32.1. The Balaban J connectivity index is 1.40. The lowest BCUT2D eigenvalue weighted by Crippen LogP contribution is -2.37. The van der Waals surface area contributed by atoms with Crippen molar-refractivity contribution in [2.75, 3.05) is 13.1 Å². The van der Waals surface area contributed by atoms with Crippen molar-refractivity contribution >= 4 is 33.5 Å². The third-order valence-corrected chi connectivity index (χ3v) is 9.01. The van der Waals surface area contributed by atoms with Gasteiger partial charge in [0.1, 0.15) is 11.2 Å². The minimum atomic E-state index is 0.0942. The van der Waals surface area contributed by atoms with Crippen molar-refractivity contribution in [1.29, 1.82) is 0 Å². The van der Waals surface area contributed by atoms with E-state index < -0.39 is 0 Å². The molecule has 2 fully saturated rings. The maximum atomic E-state index is 4.51. The summed E-state index contributed by atoms with van der Waals surface area (Å²) in [5.41, 5.74) is 10.6. The van der Waals surface area contributed by atoms with E-state index in [1.807, 2.05) is 11.3 Å². The first-order valence-corrected chi connectivity index (χ1v) is 12.1. The average molecular weight is 422 g/mol. The van der Waals surface area contributed by atoms with Crippen LogP contribution >= 0.6 is 11.3 Å². The maximum absolute atomic E-state index is 4.51. The van der Waals surface area contributed by atoms with E-state index in [1.54, 1.807) is 11.2 Å². The van der Waals surface area contributed by atoms with Crippen LogP contribution in [0.1, 0.15) is 73.6 Å². The van der Waals surface area contributed by atoms with Gasteiger partial charge in [0.15, 0.2) is 6.17 Å². The minimum Gasteiger partial charge on any atom is -0.346 e. The Kier molecular flexibility index (Phi) is 4.03. The van der Waals surface area contributed by atoms with E-state index in [9.17, 15) is 0 Å². The number of aromatic amines is 1. The number of aryl methyl sites for hydroxylation is 1. The van der Waals surface area contributed by atoms with Gasteiger partial charge in [-0.05, 0) is 79.7 Å². The molecule has 30 heavy (non-hydrogen) atoms. The number of nitrogens with zero attached hydrogens (tertiary/aromatic N) is 2. The van der Waals surface area contributed by atoms with Gasteiger partial charge in [-0.1, -0.05) is 13.8 Å². The summed E-state index contributed by atoms with van der Waals surface area (Å²) in [6.45, 7) is 11.6. The standard InChI is InChI=1S/C24H31N5S/c1-13(2)18-19-15(4)21(17-8-24(9-17)5-6-25-11-24)30-23(19)28-20(18)16-7-14(3)22-26-12-27-29(22)10-16/h7,10,12-13,17,22,25,28H,5-6,8-9,11H2,1-4H3,(H,26,27). The second kappa shape index (κ2) is 6.47. The number of H-pyrrole nitrogens is 1. The van der Waals surface area contributed by atoms with Crippen molar-refractivity contribution in [3.8, 4) is 0 Å². The van der Waals surface area contributed by atoms with Crippen molar-refractivity contribution in [2.24, 2.45) is 10.4 Å². The van der Waals surface area contributed by atoms with Crippen LogP contribution in [0.4, 0.5) is 0 Å². The number of rotatable bonds is 3. The molecule has 0 amide bonds. The molecule has 0 aromatic carbocycles. The lowest BCUT2D eigenvalue weighted by Gasteiger charge is -2.45. The van der Waals surface area contributed by atoms with Gasteiger partial charge in [0.25, 0.3) is 0 Å². The molecule has 2 aromatic heterocycles. The molecule has 0 radical (unpaired) electrons. The second-order valence-electron chi connectivity index (χ2n) is 10.1. The Morgan fingerprint density at radius 1 is 1.27 bits per heavy atom. The van der Waals surface area contributed by atoms with E-state index in [-0.39, 0.29) is 6.17 Å². The fraction of sp³-hybridized carbons (Fsp3) is 0.542. The molecule has 1 spiro atoms. The third kappa shape index (κ3) is 2.59. The van der Waals surface area contributed by atoms with Crippen LogP contribution in [0.25, 0.3) is 15.8 Å². The molecule has 1 atom stereocenters. The summed E-state index contributed by atoms with van der Waals surface area (Å²) in [6, 6.07) is 0. The number of hydrogen-bond acceptors (Lipinski definition) is 5. The first kappa shape index (κ1) is 18.7. The van der Waals surface area contributed by atoms with Gasteiger partial charge in [0, 0.05) is 28.6 Å². The quantitative estimate of drug-likeness (QED) is 0.654. The van der Waals surface area contributed by atoms with Gasteiger partial charge >= 0.3 is 0 Å². The zero-order valence-corrected chi connectivity index (χ0v) is 19.1. The van der Waals surface area contributed by atoms with Gasteiger partial charge in [-0.25, -0.2) is 4.99 Å². The molecule has 0 bridgehead atoms. The first-order chi connectivity index (χ1) is 14.5. The molecule has 1 aliphatic carbocycles. The predicted molar refractivity (Wildman–Crippen MR) is 126 cm³/mol. The number of hydrazine groups is 1. The fourth-order valence-electron chi connectivity index (χ4n) is 6.16. The SMILES string of the molecule is CC1=CC(c2[nH]c3sc(C4CC5(CCNC5)C4)c(C)c3c2C(C)C)=CN2NC=NC12. The van der Waals surface area contributed by atoms with Gasteiger partial charge in [0.05, 0.1) is 5.69 Å². The molecule has 5 nitrogen and oxygen atoms in total. The van der Waals surface area contributed by atoms with Crippen LogP contribution in [0, 0.1) is 12.3 Å². The highest BCUT2D eigenvalue weighted by molar-refractivity contribution is 7.19. The molecule has 3 aliphatic heterocycles. The molecule has 1 saturated carbocycles. The number of aliphatic imine (C=N–C) groups is 1. The lowest BCUT2D eigenvalue weighted by molar-refractivity contribution is 0.129. The molecule has 158 valence electrons. The summed E-state index contributed by atoms with van der Waals surface area (Å²) in [6.07, 6.45) is 10.5. The number of aromatic nitrogens is 1. The Morgan fingerprint density at radius 2 is 2.10 bits per heavy atom. The van der Waals surface area contributed by atoms with Crippen molar-refractivity contribution in [3.05, 3.63) is 39.5 Å². The Hall–Kier alpha value is -2.05. The minimum absolute atomic E-state index is 0.0942. The molecular weight excluding hydrogens is 390 g/mol. The van der Waals surface area contributed by atoms with Crippen molar-refractivity contribution in [2.45, 2.75) is 65.0 Å². The van der Waals surface area contributed by atoms with Gasteiger partial charge in [0.2, 0.25) is 0 Å². The average Bonchev–Trinajstić information content (AvgIpc) is 3.44. The summed E-state index contributed by atoms with van der Waals surface area (Å²) in [5.74, 6) is 1.22. The number of thiophene rings is 1. The van der Waals surface area contributed by atoms with Crippen LogP contribution in [0.15, 0.2) is 22.8 Å². The first-order valence-electron chi connectivity index (χ1n) is 11.3. The molecule has 6 heteroatoms. The smallest absolute Gasteiger partial charge is 0.162 e. The molecule has 6 rings (SSSR count). The van der Waals surface area contributed by atoms with E-state index in [1.165, 1.54) is 70.5 Å². The van der Waals surface area contributed by atoms with E-state index in [4.69, 9.17) is 0 Å². The van der Waals surface area contributed by atoms with Gasteiger partial charge in [-0.15, -0.1) is 11.3 Å². The predicted octanol–water partition coefficient (Wildman–Crippen LogP) is 4.99. The van der Waals surface area contributed by atoms with Crippen molar-refractivity contribution in [3.63, 3.8) is 0 Å². The summed E-state index contributed by atoms with van der Waals surface area (Å²) in [4.78, 5) is 11.3. The Morgan fingerprint density at radius 3 is 2.83 bits per heavy atom. The largest absolute Gasteiger partial charge is 0.346 e. The van der Waals surface area contributed by atoms with Crippen LogP contribution < -0.4 is 10.7 Å². The summed E-state index contributed by atoms with van der Waals surface area (Å²) in [5, 5.41) is 7.16. The van der Waals surface area contributed by atoms with Gasteiger partial charge < -0.3 is 10.3 Å². The van der Waals surface area contributed by atoms with Crippen molar-refractivity contribution in [1.82, 2.24) is 20.7 Å². The van der Waals surface area contributed by atoms with Crippen LogP contribution in [0.5, 0.6) is 0 Å². The van der Waals surface area contributed by atoms with E-state index in [0.717, 1.165) is 5.92 Å². The molecule has 1 unspecified atom stereocenters. The molecular formula is C24H31N5S. The van der Waals surface area contributed by atoms with Crippen LogP contribution in [0.3, 0.4) is 0 Å². The number of allylic oxidation sites excluding steroid dienone is 2. The van der Waals surface area contributed by atoms with Crippen LogP contribution in [-0.2, 0) is 0 Å². The highest BCUT2D eigenvalue weighted by Crippen LogP contribution is 2.57. The molecule has 5 heterocycles. The number of hydrogen-bond donors (Lipinski definition) is 3. The highest BCUT2D eigenvalue weighted by Gasteiger charge is 2.47. The zero-order chi connectivity index (χ0) is 20.6. The molecule has 4 aliphatic rings. The second-order valence-corrected chi connectivity index (χ2v) is 11.1. The van der Waals surface area contributed by atoms with E-state index >= 15 is 0 Å². The molecule has 3 N–H and O–H groups in total. The lowest BCUT2D eigenvalue weighted by atomic mass is 9.61. The van der Waals surface area contributed by atoms with Gasteiger partial charge in [-0.3, -0.25) is 10.4 Å². The summed E-state index contributed by atoms with van der Waals surface area (Å²) < 4.78 is 0. The van der Waals surface area contributed by atoms with Crippen molar-refractivity contribution < 1.29 is 0 Å². The van der Waals surface area contributed by atoms with E-state index in [2.05, 4.69) is 65.7 Å². The van der Waals surface area contributed by atoms with Crippen LogP contribution in [-0.4, -0.2) is 35.6 Å². The monoisotopic (exact) mass is 421 g/mol. The zero-order valence-electron chi connectivity index (χ0n) is 18.3. The Labute approximate surface area is 182 Å². The van der Waals surface area contributed by atoms with E-state index in [0.29, 0.717) is 11.3 Å².